The Bertz CT molecular complexity index is 1590. The molecule has 40 heavy (non-hydrogen) atoms. The lowest BCUT2D eigenvalue weighted by atomic mass is 10.1. The van der Waals surface area contributed by atoms with Gasteiger partial charge in [-0.3, -0.25) is 9.89 Å². The summed E-state index contributed by atoms with van der Waals surface area (Å²) in [6.45, 7) is 14.3. The number of carbonyl (C=O) groups is 1. The minimum atomic E-state index is -0.281. The molecule has 2 fully saturated rings. The number of nitrogens with one attached hydrogen (secondary N) is 1. The first kappa shape index (κ1) is 25.8. The van der Waals surface area contributed by atoms with E-state index in [1.165, 1.54) is 6.08 Å². The van der Waals surface area contributed by atoms with Crippen molar-refractivity contribution in [1.82, 2.24) is 39.6 Å². The Labute approximate surface area is 232 Å². The molecule has 0 unspecified atom stereocenters. The fourth-order valence-corrected chi connectivity index (χ4v) is 5.74. The van der Waals surface area contributed by atoms with Gasteiger partial charge < -0.3 is 24.3 Å². The van der Waals surface area contributed by atoms with E-state index in [1.54, 1.807) is 4.90 Å². The number of carbonyl (C=O) groups excluding carboxylic acids is 1. The van der Waals surface area contributed by atoms with Crippen LogP contribution in [0.15, 0.2) is 43.2 Å². The number of hydrogen-bond acceptors (Lipinski definition) is 8. The van der Waals surface area contributed by atoms with Gasteiger partial charge in [-0.15, -0.1) is 5.10 Å². The summed E-state index contributed by atoms with van der Waals surface area (Å²) in [5.41, 5.74) is 3.60. The van der Waals surface area contributed by atoms with Crippen LogP contribution in [-0.4, -0.2) is 104 Å². The summed E-state index contributed by atoms with van der Waals surface area (Å²) in [6, 6.07) is 6.42. The fourth-order valence-electron chi connectivity index (χ4n) is 5.74. The van der Waals surface area contributed by atoms with Crippen molar-refractivity contribution in [2.75, 3.05) is 51.3 Å². The molecule has 0 bridgehead atoms. The van der Waals surface area contributed by atoms with Crippen molar-refractivity contribution in [3.8, 4) is 6.01 Å². The maximum absolute atomic E-state index is 12.5. The van der Waals surface area contributed by atoms with Crippen molar-refractivity contribution in [2.24, 2.45) is 0 Å². The second kappa shape index (κ2) is 10.9. The summed E-state index contributed by atoms with van der Waals surface area (Å²) in [5, 5.41) is 13.1. The third-order valence-corrected chi connectivity index (χ3v) is 7.96. The Morgan fingerprint density at radius 2 is 2.17 bits per heavy atom. The molecule has 2 atom stereocenters. The second-order valence-electron chi connectivity index (χ2n) is 10.4. The van der Waals surface area contributed by atoms with Gasteiger partial charge in [-0.2, -0.15) is 10.1 Å². The Balaban J connectivity index is 1.36. The number of hydrogen-bond donors (Lipinski definition) is 1. The van der Waals surface area contributed by atoms with E-state index in [9.17, 15) is 4.79 Å². The summed E-state index contributed by atoms with van der Waals surface area (Å²) >= 11 is 0. The highest BCUT2D eigenvalue weighted by Crippen LogP contribution is 2.27. The zero-order valence-electron chi connectivity index (χ0n) is 22.5. The number of fused-ring (bicyclic) bond motifs is 2. The number of imidazole rings is 1. The van der Waals surface area contributed by atoms with Gasteiger partial charge in [0.15, 0.2) is 11.5 Å². The van der Waals surface area contributed by atoms with E-state index >= 15 is 0 Å². The molecule has 206 valence electrons. The highest BCUT2D eigenvalue weighted by molar-refractivity contribution is 5.87. The Kier molecular flexibility index (Phi) is 7.04. The van der Waals surface area contributed by atoms with E-state index in [-0.39, 0.29) is 24.5 Å². The van der Waals surface area contributed by atoms with Crippen molar-refractivity contribution in [2.45, 2.75) is 31.3 Å². The van der Waals surface area contributed by atoms with Crippen LogP contribution in [0, 0.1) is 6.57 Å². The molecular weight excluding hydrogens is 508 g/mol. The lowest BCUT2D eigenvalue weighted by Crippen LogP contribution is -2.56. The summed E-state index contributed by atoms with van der Waals surface area (Å²) in [6.07, 6.45) is 7.80. The average molecular weight is 541 g/mol. The van der Waals surface area contributed by atoms with Crippen LogP contribution in [-0.2, 0) is 11.2 Å². The third-order valence-electron chi connectivity index (χ3n) is 7.96. The smallest absolute Gasteiger partial charge is 0.336 e. The van der Waals surface area contributed by atoms with E-state index in [0.717, 1.165) is 41.5 Å². The van der Waals surface area contributed by atoms with Crippen molar-refractivity contribution >= 4 is 28.3 Å². The highest BCUT2D eigenvalue weighted by Gasteiger charge is 2.34. The average Bonchev–Trinajstić information content (AvgIpc) is 3.72. The molecule has 5 heterocycles. The summed E-state index contributed by atoms with van der Waals surface area (Å²) in [4.78, 5) is 31.7. The molecule has 0 radical (unpaired) electrons. The zero-order chi connectivity index (χ0) is 27.6. The van der Waals surface area contributed by atoms with Gasteiger partial charge in [0.25, 0.3) is 0 Å². The predicted molar refractivity (Wildman–Crippen MR) is 150 cm³/mol. The van der Waals surface area contributed by atoms with Crippen LogP contribution >= 0.6 is 0 Å². The van der Waals surface area contributed by atoms with E-state index < -0.39 is 0 Å². The molecule has 0 aliphatic carbocycles. The van der Waals surface area contributed by atoms with Crippen molar-refractivity contribution in [3.05, 3.63) is 65.9 Å². The lowest BCUT2D eigenvalue weighted by molar-refractivity contribution is -0.128. The minimum Gasteiger partial charge on any atom is -0.461 e. The number of H-pyrrole nitrogens is 1. The van der Waals surface area contributed by atoms with Gasteiger partial charge in [0.2, 0.25) is 12.5 Å². The molecule has 1 amide bonds. The van der Waals surface area contributed by atoms with Gasteiger partial charge in [-0.05, 0) is 44.1 Å². The van der Waals surface area contributed by atoms with Crippen molar-refractivity contribution < 1.29 is 9.53 Å². The topological polar surface area (TPSA) is 112 Å². The Morgan fingerprint density at radius 3 is 2.98 bits per heavy atom. The molecule has 2 saturated heterocycles. The van der Waals surface area contributed by atoms with Crippen LogP contribution in [0.1, 0.15) is 24.1 Å². The molecule has 1 N–H and O–H groups in total. The monoisotopic (exact) mass is 540 g/mol. The van der Waals surface area contributed by atoms with Crippen LogP contribution in [0.25, 0.3) is 21.4 Å². The number of likely N-dealkylation sites (tertiary alicyclic amines) is 1. The number of anilines is 1. The molecular formula is C28H32N10O2. The first-order valence-electron chi connectivity index (χ1n) is 13.6. The van der Waals surface area contributed by atoms with E-state index in [4.69, 9.17) is 26.4 Å². The molecule has 6 rings (SSSR count). The number of rotatable bonds is 8. The number of amides is 1. The van der Waals surface area contributed by atoms with Crippen molar-refractivity contribution in [1.29, 1.82) is 0 Å². The van der Waals surface area contributed by atoms with Gasteiger partial charge in [0, 0.05) is 37.5 Å². The molecule has 4 aromatic rings. The maximum Gasteiger partial charge on any atom is 0.336 e. The van der Waals surface area contributed by atoms with Gasteiger partial charge >= 0.3 is 6.01 Å². The number of ether oxygens (including phenoxy) is 1. The zero-order valence-corrected chi connectivity index (χ0v) is 22.5. The van der Waals surface area contributed by atoms with Crippen LogP contribution < -0.4 is 9.64 Å². The predicted octanol–water partition coefficient (Wildman–Crippen LogP) is 2.19. The molecule has 2 aliphatic heterocycles. The van der Waals surface area contributed by atoms with Crippen LogP contribution in [0.5, 0.6) is 6.01 Å². The molecule has 2 aliphatic rings. The van der Waals surface area contributed by atoms with Gasteiger partial charge in [0.05, 0.1) is 23.6 Å². The number of likely N-dealkylation sites (N-methyl/N-ethyl adjacent to an activating group) is 1. The molecule has 1 aromatic carbocycles. The largest absolute Gasteiger partial charge is 0.461 e. The second-order valence-corrected chi connectivity index (χ2v) is 10.4. The number of nitrogens with zero attached hydrogens (tertiary/aromatic N) is 9. The summed E-state index contributed by atoms with van der Waals surface area (Å²) < 4.78 is 8.02. The van der Waals surface area contributed by atoms with Crippen LogP contribution in [0.3, 0.4) is 0 Å². The van der Waals surface area contributed by atoms with Crippen molar-refractivity contribution in [3.63, 3.8) is 0 Å². The van der Waals surface area contributed by atoms with Gasteiger partial charge in [0.1, 0.15) is 12.6 Å². The third kappa shape index (κ3) is 4.84. The number of piperazine rings is 1. The highest BCUT2D eigenvalue weighted by atomic mass is 16.5. The number of aromatic nitrogens is 6. The van der Waals surface area contributed by atoms with Crippen LogP contribution in [0.2, 0.25) is 0 Å². The first-order chi connectivity index (χ1) is 19.6. The van der Waals surface area contributed by atoms with E-state index in [2.05, 4.69) is 44.5 Å². The summed E-state index contributed by atoms with van der Waals surface area (Å²) in [7, 11) is 2.11. The maximum atomic E-state index is 12.5. The minimum absolute atomic E-state index is 0.164. The normalized spacial score (nSPS) is 19.8. The Hall–Kier alpha value is -4.50. The number of aromatic amines is 1. The van der Waals surface area contributed by atoms with Gasteiger partial charge in [-0.1, -0.05) is 18.7 Å². The SMILES string of the molecule is [C-]#[N+]C[C@H]1CN(c2nc(OC[C@@H]3CCCN3C)nn3c(Cc4cccc5[nH]ncc45)cnc23)CCN1C(=O)C=C. The lowest BCUT2D eigenvalue weighted by Gasteiger charge is -2.39. The quantitative estimate of drug-likeness (QED) is 0.267. The fraction of sp³-hybridized carbons (Fsp3) is 0.429. The molecule has 0 spiro atoms. The Morgan fingerprint density at radius 1 is 1.27 bits per heavy atom. The summed E-state index contributed by atoms with van der Waals surface area (Å²) in [5.74, 6) is 0.473. The molecule has 12 heteroatoms. The standard InChI is InChI=1S/C28H32N10O2/c1-4-25(39)37-12-11-36(17-22(37)14-29-2)27-26-30-15-21(13-19-7-5-9-24-23(19)16-31-33-24)38(26)34-28(32-27)40-18-20-8-6-10-35(20)3/h4-5,7,9,15-16,20,22H,1,6,8,10-14,17-18H2,3H3,(H,31,33)/t20-,22-/m0/s1. The molecule has 0 saturated carbocycles. The van der Waals surface area contributed by atoms with Gasteiger partial charge in [-0.25, -0.2) is 16.1 Å². The molecule has 12 nitrogen and oxygen atoms in total. The number of benzene rings is 1. The van der Waals surface area contributed by atoms with Crippen LogP contribution in [0.4, 0.5) is 5.82 Å². The molecule has 3 aromatic heterocycles. The first-order valence-corrected chi connectivity index (χ1v) is 13.6. The van der Waals surface area contributed by atoms with E-state index in [0.29, 0.717) is 50.2 Å². The van der Waals surface area contributed by atoms with E-state index in [1.807, 2.05) is 29.0 Å².